The normalized spacial score (nSPS) is 15.5. The van der Waals surface area contributed by atoms with E-state index in [-0.39, 0.29) is 23.5 Å². The minimum atomic E-state index is -0.806. The van der Waals surface area contributed by atoms with Gasteiger partial charge >= 0.3 is 5.97 Å². The number of hydrogen-bond acceptors (Lipinski definition) is 8. The van der Waals surface area contributed by atoms with Gasteiger partial charge in [0.05, 0.1) is 41.1 Å². The van der Waals surface area contributed by atoms with Crippen LogP contribution in [0.5, 0.6) is 17.2 Å². The first-order valence-electron chi connectivity index (χ1n) is 10.7. The molecule has 1 aliphatic rings. The molecule has 2 aromatic carbocycles. The van der Waals surface area contributed by atoms with Crippen LogP contribution in [-0.2, 0) is 9.53 Å². The Balaban J connectivity index is 1.99. The van der Waals surface area contributed by atoms with E-state index < -0.39 is 12.0 Å². The lowest BCUT2D eigenvalue weighted by Crippen LogP contribution is -2.40. The number of carbonyl (C=O) groups excluding carboxylic acids is 1. The molecule has 3 aromatic rings. The fraction of sp³-hybridized carbons (Fsp3) is 0.240. The molecule has 0 bridgehead atoms. The van der Waals surface area contributed by atoms with Crippen molar-refractivity contribution in [1.82, 2.24) is 4.57 Å². The van der Waals surface area contributed by atoms with Crippen LogP contribution >= 0.6 is 27.3 Å². The predicted molar refractivity (Wildman–Crippen MR) is 136 cm³/mol. The molecule has 1 aliphatic heterocycles. The number of fused-ring (bicyclic) bond motifs is 1. The van der Waals surface area contributed by atoms with Crippen LogP contribution in [0.2, 0.25) is 0 Å². The van der Waals surface area contributed by atoms with Gasteiger partial charge in [-0.1, -0.05) is 17.4 Å². The molecule has 0 saturated carbocycles. The molecule has 2 heterocycles. The number of methoxy groups -OCH3 is 2. The molecule has 0 radical (unpaired) electrons. The van der Waals surface area contributed by atoms with Crippen LogP contribution in [0.15, 0.2) is 61.9 Å². The Morgan fingerprint density at radius 2 is 2.00 bits per heavy atom. The van der Waals surface area contributed by atoms with Crippen molar-refractivity contribution in [3.63, 3.8) is 0 Å². The van der Waals surface area contributed by atoms with Crippen LogP contribution in [0.3, 0.4) is 0 Å². The first-order valence-corrected chi connectivity index (χ1v) is 12.3. The third-order valence-electron chi connectivity index (χ3n) is 5.52. The van der Waals surface area contributed by atoms with Crippen LogP contribution < -0.4 is 24.4 Å². The Morgan fingerprint density at radius 3 is 2.66 bits per heavy atom. The van der Waals surface area contributed by atoms with Crippen molar-refractivity contribution in [2.45, 2.75) is 19.9 Å². The summed E-state index contributed by atoms with van der Waals surface area (Å²) in [6.07, 6.45) is 1.72. The quantitative estimate of drug-likeness (QED) is 0.466. The van der Waals surface area contributed by atoms with Gasteiger partial charge in [0.2, 0.25) is 0 Å². The highest BCUT2D eigenvalue weighted by atomic mass is 79.9. The largest absolute Gasteiger partial charge is 0.507 e. The Bertz CT molecular complexity index is 1520. The summed E-state index contributed by atoms with van der Waals surface area (Å²) in [5.74, 6) is 0.593. The number of thiazole rings is 1. The molecule has 0 spiro atoms. The monoisotopic (exact) mass is 558 g/mol. The van der Waals surface area contributed by atoms with Gasteiger partial charge in [-0.05, 0) is 65.7 Å². The first kappa shape index (κ1) is 24.7. The van der Waals surface area contributed by atoms with Gasteiger partial charge in [0.15, 0.2) is 4.80 Å². The van der Waals surface area contributed by atoms with Crippen LogP contribution in [0.25, 0.3) is 6.08 Å². The number of esters is 1. The number of rotatable bonds is 6. The fourth-order valence-electron chi connectivity index (χ4n) is 3.89. The second-order valence-corrected chi connectivity index (χ2v) is 9.48. The smallest absolute Gasteiger partial charge is 0.338 e. The van der Waals surface area contributed by atoms with Gasteiger partial charge < -0.3 is 19.3 Å². The number of aromatic hydroxyl groups is 1. The van der Waals surface area contributed by atoms with Crippen LogP contribution in [0.1, 0.15) is 31.0 Å². The number of allylic oxidation sites excluding steroid dienone is 1. The van der Waals surface area contributed by atoms with E-state index >= 15 is 0 Å². The minimum absolute atomic E-state index is 0.102. The van der Waals surface area contributed by atoms with E-state index in [9.17, 15) is 14.7 Å². The van der Waals surface area contributed by atoms with Crippen molar-refractivity contribution >= 4 is 39.3 Å². The summed E-state index contributed by atoms with van der Waals surface area (Å²) in [7, 11) is 3.07. The molecule has 8 nitrogen and oxygen atoms in total. The standard InChI is InChI=1S/C25H23BrN2O6S/c1-5-34-24(31)21-13(2)27-25-28(22(21)16-8-7-15(32-3)12-19(16)33-4)23(30)20(35-25)11-14-6-9-18(29)17(26)10-14/h6-12,22,29H,5H2,1-4H3/b20-11-/t22-/m0/s1. The summed E-state index contributed by atoms with van der Waals surface area (Å²) in [6.45, 7) is 3.63. The highest BCUT2D eigenvalue weighted by Gasteiger charge is 2.35. The predicted octanol–water partition coefficient (Wildman–Crippen LogP) is 3.28. The Kier molecular flexibility index (Phi) is 7.13. The maximum atomic E-state index is 13.7. The van der Waals surface area contributed by atoms with Crippen molar-refractivity contribution in [3.05, 3.63) is 83.0 Å². The van der Waals surface area contributed by atoms with Gasteiger partial charge in [-0.15, -0.1) is 0 Å². The molecule has 4 rings (SSSR count). The van der Waals surface area contributed by atoms with E-state index in [0.29, 0.717) is 36.6 Å². The maximum Gasteiger partial charge on any atom is 0.338 e. The average Bonchev–Trinajstić information content (AvgIpc) is 3.14. The third kappa shape index (κ3) is 4.63. The zero-order valence-electron chi connectivity index (χ0n) is 19.5. The molecule has 0 fully saturated rings. The topological polar surface area (TPSA) is 99.4 Å². The molecule has 0 amide bonds. The van der Waals surface area contributed by atoms with E-state index in [0.717, 1.165) is 5.56 Å². The summed E-state index contributed by atoms with van der Waals surface area (Å²) in [6, 6.07) is 9.39. The van der Waals surface area contributed by atoms with Gasteiger partial charge in [-0.2, -0.15) is 0 Å². The molecule has 10 heteroatoms. The number of ether oxygens (including phenoxy) is 3. The van der Waals surface area contributed by atoms with Gasteiger partial charge in [0.1, 0.15) is 23.3 Å². The fourth-order valence-corrected chi connectivity index (χ4v) is 5.34. The van der Waals surface area contributed by atoms with Crippen molar-refractivity contribution in [1.29, 1.82) is 0 Å². The number of aromatic nitrogens is 1. The lowest BCUT2D eigenvalue weighted by atomic mass is 9.95. The number of halogens is 1. The number of phenolic OH excluding ortho intramolecular Hbond substituents is 1. The SMILES string of the molecule is CCOC(=O)C1=C(C)N=c2s/c(=C\c3ccc(O)c(Br)c3)c(=O)n2[C@H]1c1ccc(OC)cc1OC. The van der Waals surface area contributed by atoms with Crippen LogP contribution in [-0.4, -0.2) is 36.5 Å². The number of benzene rings is 2. The number of hydrogen-bond donors (Lipinski definition) is 1. The van der Waals surface area contributed by atoms with Crippen LogP contribution in [0.4, 0.5) is 0 Å². The third-order valence-corrected chi connectivity index (χ3v) is 7.14. The van der Waals surface area contributed by atoms with E-state index in [2.05, 4.69) is 20.9 Å². The minimum Gasteiger partial charge on any atom is -0.507 e. The van der Waals surface area contributed by atoms with Gasteiger partial charge in [0.25, 0.3) is 5.56 Å². The van der Waals surface area contributed by atoms with E-state index in [1.54, 1.807) is 63.4 Å². The summed E-state index contributed by atoms with van der Waals surface area (Å²) in [5, 5.41) is 9.79. The van der Waals surface area contributed by atoms with Crippen molar-refractivity contribution in [3.8, 4) is 17.2 Å². The Morgan fingerprint density at radius 1 is 1.23 bits per heavy atom. The van der Waals surface area contributed by atoms with E-state index in [4.69, 9.17) is 14.2 Å². The number of carbonyl (C=O) groups is 1. The second-order valence-electron chi connectivity index (χ2n) is 7.62. The molecule has 1 N–H and O–H groups in total. The lowest BCUT2D eigenvalue weighted by molar-refractivity contribution is -0.139. The summed E-state index contributed by atoms with van der Waals surface area (Å²) >= 11 is 4.51. The van der Waals surface area contributed by atoms with E-state index in [1.165, 1.54) is 23.0 Å². The molecule has 1 atom stereocenters. The summed E-state index contributed by atoms with van der Waals surface area (Å²) in [5.41, 5.74) is 1.74. The van der Waals surface area contributed by atoms with Crippen molar-refractivity contribution in [2.24, 2.45) is 4.99 Å². The average molecular weight is 559 g/mol. The Hall–Kier alpha value is -3.37. The van der Waals surface area contributed by atoms with E-state index in [1.807, 2.05) is 0 Å². The lowest BCUT2D eigenvalue weighted by Gasteiger charge is -2.26. The molecule has 0 saturated heterocycles. The number of phenols is 1. The number of nitrogens with zero attached hydrogens (tertiary/aromatic N) is 2. The zero-order valence-corrected chi connectivity index (χ0v) is 21.9. The molecule has 182 valence electrons. The van der Waals surface area contributed by atoms with Crippen LogP contribution in [0, 0.1) is 0 Å². The molecule has 0 unspecified atom stereocenters. The molecular weight excluding hydrogens is 536 g/mol. The van der Waals surface area contributed by atoms with Gasteiger partial charge in [-0.3, -0.25) is 9.36 Å². The van der Waals surface area contributed by atoms with Crippen molar-refractivity contribution < 1.29 is 24.1 Å². The molecule has 35 heavy (non-hydrogen) atoms. The highest BCUT2D eigenvalue weighted by molar-refractivity contribution is 9.10. The zero-order chi connectivity index (χ0) is 25.3. The first-order chi connectivity index (χ1) is 16.8. The van der Waals surface area contributed by atoms with Gasteiger partial charge in [-0.25, -0.2) is 9.79 Å². The second kappa shape index (κ2) is 10.1. The summed E-state index contributed by atoms with van der Waals surface area (Å²) < 4.78 is 18.7. The molecule has 1 aromatic heterocycles. The molecule has 0 aliphatic carbocycles. The van der Waals surface area contributed by atoms with Gasteiger partial charge in [0, 0.05) is 11.6 Å². The maximum absolute atomic E-state index is 13.7. The highest BCUT2D eigenvalue weighted by Crippen LogP contribution is 2.37. The Labute approximate surface area is 213 Å². The van der Waals surface area contributed by atoms with Crippen molar-refractivity contribution in [2.75, 3.05) is 20.8 Å². The molecular formula is C25H23BrN2O6S. The summed E-state index contributed by atoms with van der Waals surface area (Å²) in [4.78, 5) is 31.8.